The number of nitrogens with zero attached hydrogens (tertiary/aromatic N) is 2. The van der Waals surface area contributed by atoms with Crippen molar-refractivity contribution < 1.29 is 14.3 Å². The number of carbonyl (C=O) groups excluding carboxylic acids is 2. The van der Waals surface area contributed by atoms with Crippen molar-refractivity contribution in [1.29, 1.82) is 0 Å². The number of carbonyl (C=O) groups is 2. The third-order valence-corrected chi connectivity index (χ3v) is 6.20. The molecule has 0 radical (unpaired) electrons. The summed E-state index contributed by atoms with van der Waals surface area (Å²) in [7, 11) is 0. The standard InChI is InChI=1S/C25H33N3O3/c1-6-19-13-21(24(29)26-15-22-16(3)12-17(4)27-25(22)30)18(5)23(14-19)28(7-2)20-8-10-31-11-9-20/h6,12-14,20,22H,1,7-11,15H2,2-5H3,(H,26,29). The van der Waals surface area contributed by atoms with Crippen molar-refractivity contribution in [2.75, 3.05) is 31.2 Å². The molecular weight excluding hydrogens is 390 g/mol. The van der Waals surface area contributed by atoms with Crippen molar-refractivity contribution in [3.63, 3.8) is 0 Å². The maximum Gasteiger partial charge on any atom is 0.254 e. The van der Waals surface area contributed by atoms with Gasteiger partial charge < -0.3 is 15.0 Å². The quantitative estimate of drug-likeness (QED) is 0.721. The molecular formula is C25H33N3O3. The van der Waals surface area contributed by atoms with E-state index in [0.717, 1.165) is 55.0 Å². The van der Waals surface area contributed by atoms with Crippen LogP contribution in [-0.4, -0.2) is 49.9 Å². The van der Waals surface area contributed by atoms with Crippen molar-refractivity contribution >= 4 is 29.3 Å². The van der Waals surface area contributed by atoms with Gasteiger partial charge >= 0.3 is 0 Å². The average molecular weight is 424 g/mol. The number of amides is 2. The third kappa shape index (κ3) is 5.13. The van der Waals surface area contributed by atoms with Gasteiger partial charge in [0.1, 0.15) is 0 Å². The first-order chi connectivity index (χ1) is 14.8. The Hall–Kier alpha value is -2.73. The second kappa shape index (κ2) is 10.1. The third-order valence-electron chi connectivity index (χ3n) is 6.20. The molecule has 31 heavy (non-hydrogen) atoms. The number of hydrogen-bond acceptors (Lipinski definition) is 4. The summed E-state index contributed by atoms with van der Waals surface area (Å²) in [6, 6.07) is 4.36. The van der Waals surface area contributed by atoms with Crippen LogP contribution in [0, 0.1) is 12.8 Å². The Kier molecular flexibility index (Phi) is 7.44. The van der Waals surface area contributed by atoms with Gasteiger partial charge in [-0.3, -0.25) is 9.59 Å². The van der Waals surface area contributed by atoms with Gasteiger partial charge in [0.05, 0.1) is 5.92 Å². The molecule has 2 heterocycles. The molecule has 0 spiro atoms. The molecule has 0 aromatic heterocycles. The van der Waals surface area contributed by atoms with Gasteiger partial charge in [-0.2, -0.15) is 0 Å². The number of benzene rings is 1. The summed E-state index contributed by atoms with van der Waals surface area (Å²) in [6.45, 7) is 14.4. The van der Waals surface area contributed by atoms with Crippen LogP contribution >= 0.6 is 0 Å². The minimum absolute atomic E-state index is 0.183. The first kappa shape index (κ1) is 22.9. The first-order valence-corrected chi connectivity index (χ1v) is 11.0. The summed E-state index contributed by atoms with van der Waals surface area (Å²) in [5.74, 6) is -0.798. The topological polar surface area (TPSA) is 71.0 Å². The van der Waals surface area contributed by atoms with Crippen LogP contribution < -0.4 is 10.2 Å². The van der Waals surface area contributed by atoms with Crippen LogP contribution in [0.3, 0.4) is 0 Å². The van der Waals surface area contributed by atoms with Gasteiger partial charge in [0, 0.05) is 49.3 Å². The maximum atomic E-state index is 13.1. The van der Waals surface area contributed by atoms with Crippen molar-refractivity contribution in [2.45, 2.75) is 46.6 Å². The lowest BCUT2D eigenvalue weighted by molar-refractivity contribution is -0.120. The summed E-state index contributed by atoms with van der Waals surface area (Å²) < 4.78 is 5.53. The number of hydrogen-bond donors (Lipinski definition) is 1. The summed E-state index contributed by atoms with van der Waals surface area (Å²) in [5.41, 5.74) is 5.14. The second-order valence-electron chi connectivity index (χ2n) is 8.29. The van der Waals surface area contributed by atoms with E-state index in [1.807, 2.05) is 26.0 Å². The summed E-state index contributed by atoms with van der Waals surface area (Å²) in [5, 5.41) is 2.96. The fraction of sp³-hybridized carbons (Fsp3) is 0.480. The lowest BCUT2D eigenvalue weighted by Crippen LogP contribution is -2.40. The highest BCUT2D eigenvalue weighted by molar-refractivity contribution is 6.06. The molecule has 6 heteroatoms. The Morgan fingerprint density at radius 2 is 2.00 bits per heavy atom. The molecule has 166 valence electrons. The molecule has 2 aliphatic rings. The highest BCUT2D eigenvalue weighted by Crippen LogP contribution is 2.30. The smallest absolute Gasteiger partial charge is 0.254 e. The van der Waals surface area contributed by atoms with Crippen LogP contribution in [0.4, 0.5) is 5.69 Å². The Balaban J connectivity index is 1.84. The molecule has 1 fully saturated rings. The Morgan fingerprint density at radius 1 is 1.29 bits per heavy atom. The molecule has 1 unspecified atom stereocenters. The zero-order valence-corrected chi connectivity index (χ0v) is 19.0. The minimum Gasteiger partial charge on any atom is -0.381 e. The van der Waals surface area contributed by atoms with Crippen LogP contribution in [0.1, 0.15) is 55.1 Å². The van der Waals surface area contributed by atoms with Gasteiger partial charge in [-0.05, 0) is 69.9 Å². The molecule has 1 atom stereocenters. The largest absolute Gasteiger partial charge is 0.381 e. The summed E-state index contributed by atoms with van der Waals surface area (Å²) in [4.78, 5) is 31.8. The molecule has 0 bridgehead atoms. The highest BCUT2D eigenvalue weighted by Gasteiger charge is 2.26. The van der Waals surface area contributed by atoms with Crippen molar-refractivity contribution in [3.8, 4) is 0 Å². The molecule has 1 aromatic rings. The molecule has 2 aliphatic heterocycles. The number of aliphatic imine (C=N–C) groups is 1. The fourth-order valence-corrected chi connectivity index (χ4v) is 4.44. The van der Waals surface area contributed by atoms with Crippen molar-refractivity contribution in [3.05, 3.63) is 47.1 Å². The lowest BCUT2D eigenvalue weighted by atomic mass is 9.95. The van der Waals surface area contributed by atoms with E-state index in [-0.39, 0.29) is 18.4 Å². The molecule has 6 nitrogen and oxygen atoms in total. The van der Waals surface area contributed by atoms with E-state index in [1.54, 1.807) is 13.0 Å². The molecule has 1 aromatic carbocycles. The predicted octanol–water partition coefficient (Wildman–Crippen LogP) is 3.94. The van der Waals surface area contributed by atoms with E-state index >= 15 is 0 Å². The van der Waals surface area contributed by atoms with Gasteiger partial charge in [0.15, 0.2) is 0 Å². The Morgan fingerprint density at radius 3 is 2.61 bits per heavy atom. The average Bonchev–Trinajstić information content (AvgIpc) is 2.75. The van der Waals surface area contributed by atoms with Gasteiger partial charge in [0.2, 0.25) is 0 Å². The Bertz CT molecular complexity index is 926. The normalized spacial score (nSPS) is 19.5. The molecule has 0 aliphatic carbocycles. The van der Waals surface area contributed by atoms with Crippen LogP contribution in [0.15, 0.2) is 35.4 Å². The lowest BCUT2D eigenvalue weighted by Gasteiger charge is -2.36. The van der Waals surface area contributed by atoms with E-state index in [0.29, 0.717) is 17.3 Å². The van der Waals surface area contributed by atoms with E-state index in [4.69, 9.17) is 4.74 Å². The van der Waals surface area contributed by atoms with Crippen molar-refractivity contribution in [2.24, 2.45) is 10.9 Å². The minimum atomic E-state index is -0.413. The van der Waals surface area contributed by atoms with Gasteiger partial charge in [-0.1, -0.05) is 18.2 Å². The number of rotatable bonds is 7. The van der Waals surface area contributed by atoms with Crippen LogP contribution in [0.2, 0.25) is 0 Å². The van der Waals surface area contributed by atoms with E-state index in [1.165, 1.54) is 0 Å². The van der Waals surface area contributed by atoms with Crippen LogP contribution in [0.5, 0.6) is 0 Å². The molecule has 2 amide bonds. The van der Waals surface area contributed by atoms with Crippen LogP contribution in [-0.2, 0) is 9.53 Å². The number of nitrogens with one attached hydrogen (secondary N) is 1. The highest BCUT2D eigenvalue weighted by atomic mass is 16.5. The van der Waals surface area contributed by atoms with Gasteiger partial charge in [0.25, 0.3) is 11.8 Å². The zero-order valence-electron chi connectivity index (χ0n) is 19.0. The Labute approximate surface area is 185 Å². The zero-order chi connectivity index (χ0) is 22.5. The van der Waals surface area contributed by atoms with Gasteiger partial charge in [-0.25, -0.2) is 4.99 Å². The number of ether oxygens (including phenoxy) is 1. The summed E-state index contributed by atoms with van der Waals surface area (Å²) >= 11 is 0. The van der Waals surface area contributed by atoms with E-state index < -0.39 is 5.92 Å². The number of anilines is 1. The molecule has 0 saturated carbocycles. The number of allylic oxidation sites excluding steroid dienone is 1. The number of dihydropyridines is 1. The predicted molar refractivity (Wildman–Crippen MR) is 126 cm³/mol. The second-order valence-corrected chi connectivity index (χ2v) is 8.29. The first-order valence-electron chi connectivity index (χ1n) is 11.0. The fourth-order valence-electron chi connectivity index (χ4n) is 4.44. The SMILES string of the molecule is C=Cc1cc(C(=O)NCC2C(=O)N=C(C)C=C2C)c(C)c(N(CC)C2CCOCC2)c1. The monoisotopic (exact) mass is 423 g/mol. The van der Waals surface area contributed by atoms with Crippen LogP contribution in [0.25, 0.3) is 6.08 Å². The van der Waals surface area contributed by atoms with E-state index in [2.05, 4.69) is 34.8 Å². The van der Waals surface area contributed by atoms with Crippen molar-refractivity contribution in [1.82, 2.24) is 5.32 Å². The van der Waals surface area contributed by atoms with E-state index in [9.17, 15) is 9.59 Å². The molecule has 3 rings (SSSR count). The summed E-state index contributed by atoms with van der Waals surface area (Å²) in [6.07, 6.45) is 5.62. The molecule has 1 saturated heterocycles. The molecule has 1 N–H and O–H groups in total. The van der Waals surface area contributed by atoms with Gasteiger partial charge in [-0.15, -0.1) is 0 Å². The maximum absolute atomic E-state index is 13.1.